The molecular weight excluding hydrogens is 384 g/mol. The highest BCUT2D eigenvalue weighted by Crippen LogP contribution is 2.28. The first-order valence-corrected chi connectivity index (χ1v) is 9.01. The molecule has 0 heterocycles. The van der Waals surface area contributed by atoms with Crippen LogP contribution in [-0.2, 0) is 11.3 Å². The van der Waals surface area contributed by atoms with Crippen molar-refractivity contribution in [2.24, 2.45) is 0 Å². The number of alkyl halides is 2. The molecule has 0 aliphatic rings. The molecule has 2 rings (SSSR count). The van der Waals surface area contributed by atoms with Crippen molar-refractivity contribution < 1.29 is 32.6 Å². The predicted octanol–water partition coefficient (Wildman–Crippen LogP) is 3.97. The molecule has 0 atom stereocenters. The van der Waals surface area contributed by atoms with Crippen molar-refractivity contribution in [3.8, 4) is 17.2 Å². The molecule has 6 nitrogen and oxygen atoms in total. The molecule has 0 bridgehead atoms. The maximum absolute atomic E-state index is 12.1. The van der Waals surface area contributed by atoms with Crippen LogP contribution >= 0.6 is 0 Å². The lowest BCUT2D eigenvalue weighted by Crippen LogP contribution is -2.23. The van der Waals surface area contributed by atoms with Crippen LogP contribution in [0.15, 0.2) is 42.5 Å². The number of Topliss-reactive ketones (excluding diaryl/α,β-unsaturated/α-hetero) is 1. The number of benzene rings is 2. The fourth-order valence-electron chi connectivity index (χ4n) is 2.50. The molecule has 156 valence electrons. The lowest BCUT2D eigenvalue weighted by molar-refractivity contribution is -0.121. The number of rotatable bonds is 11. The minimum Gasteiger partial charge on any atom is -0.493 e. The Morgan fingerprint density at radius 3 is 2.41 bits per heavy atom. The highest BCUT2D eigenvalue weighted by molar-refractivity contribution is 5.94. The van der Waals surface area contributed by atoms with Crippen molar-refractivity contribution in [3.05, 3.63) is 53.6 Å². The second-order valence-electron chi connectivity index (χ2n) is 6.17. The van der Waals surface area contributed by atoms with Gasteiger partial charge in [-0.05, 0) is 49.2 Å². The van der Waals surface area contributed by atoms with Gasteiger partial charge in [-0.15, -0.1) is 0 Å². The van der Waals surface area contributed by atoms with Crippen LogP contribution in [0.2, 0.25) is 0 Å². The van der Waals surface area contributed by atoms with Crippen molar-refractivity contribution in [2.45, 2.75) is 32.9 Å². The normalized spacial score (nSPS) is 10.5. The fourth-order valence-corrected chi connectivity index (χ4v) is 2.50. The van der Waals surface area contributed by atoms with Gasteiger partial charge in [0.05, 0.1) is 13.7 Å². The van der Waals surface area contributed by atoms with E-state index in [1.807, 2.05) is 0 Å². The van der Waals surface area contributed by atoms with Gasteiger partial charge >= 0.3 is 6.61 Å². The molecule has 0 aliphatic carbocycles. The van der Waals surface area contributed by atoms with Gasteiger partial charge in [0.1, 0.15) is 5.75 Å². The Morgan fingerprint density at radius 1 is 1.07 bits per heavy atom. The molecule has 0 spiro atoms. The van der Waals surface area contributed by atoms with Crippen LogP contribution in [-0.4, -0.2) is 32.0 Å². The summed E-state index contributed by atoms with van der Waals surface area (Å²) in [6.07, 6.45) is 0.755. The highest BCUT2D eigenvalue weighted by Gasteiger charge is 2.09. The highest BCUT2D eigenvalue weighted by atomic mass is 19.3. The van der Waals surface area contributed by atoms with E-state index in [9.17, 15) is 18.4 Å². The van der Waals surface area contributed by atoms with E-state index in [-0.39, 0.29) is 30.4 Å². The maximum Gasteiger partial charge on any atom is 0.387 e. The second-order valence-corrected chi connectivity index (χ2v) is 6.17. The summed E-state index contributed by atoms with van der Waals surface area (Å²) < 4.78 is 39.4. The average molecular weight is 407 g/mol. The zero-order valence-electron chi connectivity index (χ0n) is 16.2. The monoisotopic (exact) mass is 407 g/mol. The number of ketones is 1. The van der Waals surface area contributed by atoms with Crippen LogP contribution in [0.4, 0.5) is 8.78 Å². The Hall–Kier alpha value is -3.16. The molecule has 0 radical (unpaired) electrons. The third-order valence-electron chi connectivity index (χ3n) is 4.01. The van der Waals surface area contributed by atoms with Crippen LogP contribution in [0.25, 0.3) is 0 Å². The first-order valence-electron chi connectivity index (χ1n) is 9.01. The molecule has 8 heteroatoms. The molecule has 1 amide bonds. The minimum atomic E-state index is -2.87. The summed E-state index contributed by atoms with van der Waals surface area (Å²) in [6.45, 7) is -0.799. The predicted molar refractivity (Wildman–Crippen MR) is 103 cm³/mol. The van der Waals surface area contributed by atoms with E-state index in [4.69, 9.17) is 9.47 Å². The standard InChI is InChI=1S/C21H23F2NO5/c1-14(25)16-7-10-18(19(12-16)27-2)28-11-3-4-20(26)24-13-15-5-8-17(9-6-15)29-21(22)23/h5-10,12,21H,3-4,11,13H2,1-2H3,(H,24,26). The number of halogens is 2. The SMILES string of the molecule is COc1cc(C(C)=O)ccc1OCCCC(=O)NCc1ccc(OC(F)F)cc1. The second kappa shape index (κ2) is 11.0. The van der Waals surface area contributed by atoms with E-state index >= 15 is 0 Å². The van der Waals surface area contributed by atoms with E-state index in [0.29, 0.717) is 30.1 Å². The molecule has 0 saturated carbocycles. The first-order chi connectivity index (χ1) is 13.9. The van der Waals surface area contributed by atoms with Gasteiger partial charge in [0, 0.05) is 18.5 Å². The molecule has 0 unspecified atom stereocenters. The number of hydrogen-bond acceptors (Lipinski definition) is 5. The van der Waals surface area contributed by atoms with Gasteiger partial charge in [0.15, 0.2) is 17.3 Å². The summed E-state index contributed by atoms with van der Waals surface area (Å²) in [7, 11) is 1.49. The van der Waals surface area contributed by atoms with E-state index in [1.54, 1.807) is 30.3 Å². The van der Waals surface area contributed by atoms with Gasteiger partial charge in [0.25, 0.3) is 0 Å². The zero-order chi connectivity index (χ0) is 21.2. The zero-order valence-corrected chi connectivity index (χ0v) is 16.2. The van der Waals surface area contributed by atoms with Gasteiger partial charge in [-0.25, -0.2) is 0 Å². The topological polar surface area (TPSA) is 73.9 Å². The smallest absolute Gasteiger partial charge is 0.387 e. The van der Waals surface area contributed by atoms with Crippen molar-refractivity contribution >= 4 is 11.7 Å². The van der Waals surface area contributed by atoms with Crippen LogP contribution < -0.4 is 19.5 Å². The molecule has 1 N–H and O–H groups in total. The number of ether oxygens (including phenoxy) is 3. The first kappa shape index (κ1) is 22.1. The maximum atomic E-state index is 12.1. The molecule has 0 saturated heterocycles. The third-order valence-corrected chi connectivity index (χ3v) is 4.01. The Labute approximate surface area is 167 Å². The van der Waals surface area contributed by atoms with Crippen molar-refractivity contribution in [2.75, 3.05) is 13.7 Å². The number of methoxy groups -OCH3 is 1. The molecule has 0 fully saturated rings. The number of amides is 1. The molecule has 2 aromatic rings. The molecule has 0 aromatic heterocycles. The lowest BCUT2D eigenvalue weighted by atomic mass is 10.1. The lowest BCUT2D eigenvalue weighted by Gasteiger charge is -2.11. The van der Waals surface area contributed by atoms with E-state index < -0.39 is 6.61 Å². The molecule has 2 aromatic carbocycles. The van der Waals surface area contributed by atoms with Crippen LogP contribution in [0, 0.1) is 0 Å². The average Bonchev–Trinajstić information content (AvgIpc) is 2.70. The molecule has 0 aliphatic heterocycles. The van der Waals surface area contributed by atoms with E-state index in [0.717, 1.165) is 5.56 Å². The summed E-state index contributed by atoms with van der Waals surface area (Å²) in [5.41, 5.74) is 1.30. The van der Waals surface area contributed by atoms with Crippen LogP contribution in [0.5, 0.6) is 17.2 Å². The van der Waals surface area contributed by atoms with Crippen molar-refractivity contribution in [3.63, 3.8) is 0 Å². The molecular formula is C21H23F2NO5. The van der Waals surface area contributed by atoms with E-state index in [2.05, 4.69) is 10.1 Å². The summed E-state index contributed by atoms with van der Waals surface area (Å²) in [5, 5.41) is 2.75. The Morgan fingerprint density at radius 2 is 1.79 bits per heavy atom. The van der Waals surface area contributed by atoms with Crippen LogP contribution in [0.1, 0.15) is 35.7 Å². The van der Waals surface area contributed by atoms with Gasteiger partial charge in [-0.1, -0.05) is 12.1 Å². The van der Waals surface area contributed by atoms with E-state index in [1.165, 1.54) is 26.2 Å². The summed E-state index contributed by atoms with van der Waals surface area (Å²) in [5.74, 6) is 0.813. The summed E-state index contributed by atoms with van der Waals surface area (Å²) in [6, 6.07) is 11.0. The minimum absolute atomic E-state index is 0.0669. The largest absolute Gasteiger partial charge is 0.493 e. The van der Waals surface area contributed by atoms with Gasteiger partial charge < -0.3 is 19.5 Å². The van der Waals surface area contributed by atoms with Crippen molar-refractivity contribution in [1.29, 1.82) is 0 Å². The number of carbonyl (C=O) groups is 2. The van der Waals surface area contributed by atoms with Crippen LogP contribution in [0.3, 0.4) is 0 Å². The third kappa shape index (κ3) is 7.40. The van der Waals surface area contributed by atoms with Gasteiger partial charge in [0.2, 0.25) is 5.91 Å². The summed E-state index contributed by atoms with van der Waals surface area (Å²) in [4.78, 5) is 23.3. The number of hydrogen-bond donors (Lipinski definition) is 1. The number of nitrogens with one attached hydrogen (secondary N) is 1. The van der Waals surface area contributed by atoms with Gasteiger partial charge in [-0.3, -0.25) is 9.59 Å². The molecule has 29 heavy (non-hydrogen) atoms. The fraction of sp³-hybridized carbons (Fsp3) is 0.333. The Bertz CT molecular complexity index is 824. The summed E-state index contributed by atoms with van der Waals surface area (Å²) >= 11 is 0. The van der Waals surface area contributed by atoms with Crippen molar-refractivity contribution in [1.82, 2.24) is 5.32 Å². The number of carbonyl (C=O) groups excluding carboxylic acids is 2. The quantitative estimate of drug-likeness (QED) is 0.451. The Kier molecular flexibility index (Phi) is 8.39. The Balaban J connectivity index is 1.71. The van der Waals surface area contributed by atoms with Gasteiger partial charge in [-0.2, -0.15) is 8.78 Å².